The molecule has 1 aliphatic heterocycles. The number of nitrogens with zero attached hydrogens (tertiary/aromatic N) is 2. The number of anilines is 1. The number of thiazole rings is 1. The van der Waals surface area contributed by atoms with Crippen LogP contribution in [0.4, 0.5) is 5.13 Å². The van der Waals surface area contributed by atoms with Crippen molar-refractivity contribution in [2.75, 3.05) is 17.4 Å². The Morgan fingerprint density at radius 2 is 1.74 bits per heavy atom. The first-order valence-electron chi connectivity index (χ1n) is 11.8. The molecule has 0 spiro atoms. The molecule has 0 bridgehead atoms. The highest BCUT2D eigenvalue weighted by atomic mass is 32.2. The van der Waals surface area contributed by atoms with Crippen molar-refractivity contribution in [3.8, 4) is 0 Å². The molecule has 8 heteroatoms. The highest BCUT2D eigenvalue weighted by Crippen LogP contribution is 2.35. The Morgan fingerprint density at radius 1 is 1.03 bits per heavy atom. The van der Waals surface area contributed by atoms with Gasteiger partial charge >= 0.3 is 0 Å². The molecule has 35 heavy (non-hydrogen) atoms. The van der Waals surface area contributed by atoms with Crippen molar-refractivity contribution in [3.63, 3.8) is 0 Å². The summed E-state index contributed by atoms with van der Waals surface area (Å²) in [6, 6.07) is 20.1. The molecule has 1 fully saturated rings. The summed E-state index contributed by atoms with van der Waals surface area (Å²) < 4.78 is 29.8. The monoisotopic (exact) mass is 505 g/mol. The Bertz CT molecular complexity index is 1470. The van der Waals surface area contributed by atoms with Gasteiger partial charge in [0, 0.05) is 10.9 Å². The van der Waals surface area contributed by atoms with Crippen LogP contribution in [-0.2, 0) is 16.4 Å². The van der Waals surface area contributed by atoms with Crippen molar-refractivity contribution in [1.29, 1.82) is 0 Å². The predicted molar refractivity (Wildman–Crippen MR) is 141 cm³/mol. The fourth-order valence-electron chi connectivity index (χ4n) is 4.68. The third-order valence-electron chi connectivity index (χ3n) is 6.48. The van der Waals surface area contributed by atoms with E-state index in [-0.39, 0.29) is 16.7 Å². The number of ketones is 1. The SMILES string of the molecule is CCc1ccccc1C(=O)c1cnc(N(C2CCNCC2)S(=O)(=O)c2cccc3ccccc23)s1. The lowest BCUT2D eigenvalue weighted by Crippen LogP contribution is -2.46. The van der Waals surface area contributed by atoms with Gasteiger partial charge in [0.2, 0.25) is 5.78 Å². The van der Waals surface area contributed by atoms with Crippen LogP contribution >= 0.6 is 11.3 Å². The van der Waals surface area contributed by atoms with Crippen LogP contribution in [0, 0.1) is 0 Å². The van der Waals surface area contributed by atoms with Gasteiger partial charge < -0.3 is 5.32 Å². The Balaban J connectivity index is 1.60. The smallest absolute Gasteiger partial charge is 0.266 e. The summed E-state index contributed by atoms with van der Waals surface area (Å²) in [7, 11) is -3.93. The lowest BCUT2D eigenvalue weighted by atomic mass is 10.0. The topological polar surface area (TPSA) is 79.4 Å². The number of carbonyl (C=O) groups is 1. The Labute approximate surface area is 209 Å². The Morgan fingerprint density at radius 3 is 2.54 bits per heavy atom. The van der Waals surface area contributed by atoms with Crippen LogP contribution in [0.25, 0.3) is 10.8 Å². The van der Waals surface area contributed by atoms with E-state index in [0.717, 1.165) is 41.8 Å². The van der Waals surface area contributed by atoms with Crippen molar-refractivity contribution in [1.82, 2.24) is 10.3 Å². The molecule has 180 valence electrons. The number of fused-ring (bicyclic) bond motifs is 1. The van der Waals surface area contributed by atoms with Gasteiger partial charge in [-0.3, -0.25) is 4.79 Å². The van der Waals surface area contributed by atoms with Crippen LogP contribution in [0.15, 0.2) is 77.8 Å². The number of aryl methyl sites for hydroxylation is 1. The molecule has 0 aliphatic carbocycles. The molecule has 1 N–H and O–H groups in total. The number of hydrogen-bond acceptors (Lipinski definition) is 6. The van der Waals surface area contributed by atoms with Crippen molar-refractivity contribution >= 4 is 43.0 Å². The average molecular weight is 506 g/mol. The zero-order chi connectivity index (χ0) is 24.4. The molecular weight excluding hydrogens is 478 g/mol. The molecule has 6 nitrogen and oxygen atoms in total. The van der Waals surface area contributed by atoms with E-state index in [0.29, 0.717) is 33.8 Å². The summed E-state index contributed by atoms with van der Waals surface area (Å²) >= 11 is 1.15. The Kier molecular flexibility index (Phi) is 6.69. The fourth-order valence-corrected chi connectivity index (χ4v) is 7.72. The van der Waals surface area contributed by atoms with E-state index in [2.05, 4.69) is 10.3 Å². The maximum absolute atomic E-state index is 14.2. The molecule has 0 radical (unpaired) electrons. The third kappa shape index (κ3) is 4.49. The number of benzene rings is 3. The molecule has 4 aromatic rings. The van der Waals surface area contributed by atoms with Crippen LogP contribution in [0.5, 0.6) is 0 Å². The number of aromatic nitrogens is 1. The second kappa shape index (κ2) is 9.89. The predicted octanol–water partition coefficient (Wildman–Crippen LogP) is 5.04. The Hall–Kier alpha value is -3.07. The van der Waals surface area contributed by atoms with Crippen molar-refractivity contribution < 1.29 is 13.2 Å². The first-order valence-corrected chi connectivity index (χ1v) is 14.1. The van der Waals surface area contributed by atoms with Crippen LogP contribution in [0.3, 0.4) is 0 Å². The second-order valence-corrected chi connectivity index (χ2v) is 11.4. The molecule has 3 aromatic carbocycles. The van der Waals surface area contributed by atoms with E-state index in [1.54, 1.807) is 12.1 Å². The number of piperidine rings is 1. The summed E-state index contributed by atoms with van der Waals surface area (Å²) in [4.78, 5) is 18.5. The molecule has 1 saturated heterocycles. The molecule has 0 amide bonds. The molecule has 1 aliphatic rings. The van der Waals surface area contributed by atoms with Crippen molar-refractivity contribution in [2.24, 2.45) is 0 Å². The summed E-state index contributed by atoms with van der Waals surface area (Å²) in [5, 5.41) is 5.19. The van der Waals surface area contributed by atoms with Gasteiger partial charge in [-0.15, -0.1) is 0 Å². The van der Waals surface area contributed by atoms with E-state index in [1.165, 1.54) is 10.5 Å². The molecule has 1 aromatic heterocycles. The maximum Gasteiger partial charge on any atom is 0.266 e. The first kappa shape index (κ1) is 23.7. The van der Waals surface area contributed by atoms with Crippen molar-refractivity contribution in [2.45, 2.75) is 37.1 Å². The summed E-state index contributed by atoms with van der Waals surface area (Å²) in [6.45, 7) is 3.47. The van der Waals surface area contributed by atoms with Crippen LogP contribution < -0.4 is 9.62 Å². The second-order valence-electron chi connectivity index (χ2n) is 8.61. The standard InChI is InChI=1S/C27H27N3O3S2/c1-2-19-8-3-6-12-23(19)26(31)24-18-29-27(34-24)30(21-14-16-28-17-15-21)35(32,33)25-13-7-10-20-9-4-5-11-22(20)25/h3-13,18,21,28H,2,14-17H2,1H3. The summed E-state index contributed by atoms with van der Waals surface area (Å²) in [5.41, 5.74) is 1.60. The lowest BCUT2D eigenvalue weighted by Gasteiger charge is -2.33. The maximum atomic E-state index is 14.2. The van der Waals surface area contributed by atoms with Gasteiger partial charge in [0.25, 0.3) is 10.0 Å². The van der Waals surface area contributed by atoms with Gasteiger partial charge in [-0.05, 0) is 49.4 Å². The molecule has 0 saturated carbocycles. The number of rotatable bonds is 7. The molecule has 5 rings (SSSR count). The number of hydrogen-bond donors (Lipinski definition) is 1. The van der Waals surface area contributed by atoms with Gasteiger partial charge in [-0.2, -0.15) is 0 Å². The fraction of sp³-hybridized carbons (Fsp3) is 0.259. The first-order chi connectivity index (χ1) is 17.0. The molecule has 0 unspecified atom stereocenters. The van der Waals surface area contributed by atoms with Gasteiger partial charge in [-0.25, -0.2) is 17.7 Å². The van der Waals surface area contributed by atoms with E-state index in [1.807, 2.05) is 61.5 Å². The number of nitrogens with one attached hydrogen (secondary N) is 1. The highest BCUT2D eigenvalue weighted by molar-refractivity contribution is 7.93. The van der Waals surface area contributed by atoms with Gasteiger partial charge in [0.15, 0.2) is 5.13 Å². The van der Waals surface area contributed by atoms with E-state index >= 15 is 0 Å². The summed E-state index contributed by atoms with van der Waals surface area (Å²) in [5.74, 6) is -0.126. The van der Waals surface area contributed by atoms with E-state index < -0.39 is 10.0 Å². The molecular formula is C27H27N3O3S2. The van der Waals surface area contributed by atoms with Crippen LogP contribution in [0.2, 0.25) is 0 Å². The normalized spacial score (nSPS) is 14.8. The van der Waals surface area contributed by atoms with Crippen molar-refractivity contribution in [3.05, 3.63) is 88.9 Å². The minimum atomic E-state index is -3.93. The number of sulfonamides is 1. The third-order valence-corrected chi connectivity index (χ3v) is 9.49. The number of carbonyl (C=O) groups excluding carboxylic acids is 1. The minimum absolute atomic E-state index is 0.126. The van der Waals surface area contributed by atoms with E-state index in [9.17, 15) is 13.2 Å². The quantitative estimate of drug-likeness (QED) is 0.356. The zero-order valence-electron chi connectivity index (χ0n) is 19.5. The van der Waals surface area contributed by atoms with Gasteiger partial charge in [-0.1, -0.05) is 78.9 Å². The lowest BCUT2D eigenvalue weighted by molar-refractivity contribution is 0.104. The van der Waals surface area contributed by atoms with Gasteiger partial charge in [0.1, 0.15) is 0 Å². The van der Waals surface area contributed by atoms with Crippen LogP contribution in [-0.4, -0.2) is 38.3 Å². The highest BCUT2D eigenvalue weighted by Gasteiger charge is 2.36. The summed E-state index contributed by atoms with van der Waals surface area (Å²) in [6.07, 6.45) is 3.60. The minimum Gasteiger partial charge on any atom is -0.317 e. The zero-order valence-corrected chi connectivity index (χ0v) is 21.1. The van der Waals surface area contributed by atoms with Crippen LogP contribution in [0.1, 0.15) is 40.6 Å². The van der Waals surface area contributed by atoms with E-state index in [4.69, 9.17) is 0 Å². The average Bonchev–Trinajstić information content (AvgIpc) is 3.38. The molecule has 0 atom stereocenters. The largest absolute Gasteiger partial charge is 0.317 e. The van der Waals surface area contributed by atoms with Gasteiger partial charge in [0.05, 0.1) is 22.0 Å². The molecule has 2 heterocycles.